The van der Waals surface area contributed by atoms with Crippen molar-refractivity contribution >= 4 is 12.6 Å². The molecule has 0 saturated heterocycles. The molecule has 0 aromatic carbocycles. The van der Waals surface area contributed by atoms with E-state index in [-0.39, 0.29) is 5.56 Å². The number of thiol groups is 1. The first-order valence-electron chi connectivity index (χ1n) is 4.03. The van der Waals surface area contributed by atoms with Gasteiger partial charge in [-0.15, -0.1) is 0 Å². The van der Waals surface area contributed by atoms with Gasteiger partial charge in [0.2, 0.25) is 0 Å². The molecule has 4 heteroatoms. The minimum atomic E-state index is -0.0173. The van der Waals surface area contributed by atoms with Gasteiger partial charge in [0.15, 0.2) is 0 Å². The zero-order valence-corrected chi connectivity index (χ0v) is 8.37. The van der Waals surface area contributed by atoms with Gasteiger partial charge in [-0.2, -0.15) is 12.6 Å². The fourth-order valence-corrected chi connectivity index (χ4v) is 1.07. The summed E-state index contributed by atoms with van der Waals surface area (Å²) in [5, 5.41) is 0. The van der Waals surface area contributed by atoms with E-state index in [2.05, 4.69) is 17.6 Å². The third-order valence-electron chi connectivity index (χ3n) is 1.59. The molecule has 13 heavy (non-hydrogen) atoms. The highest BCUT2D eigenvalue weighted by Crippen LogP contribution is 1.86. The van der Waals surface area contributed by atoms with Crippen LogP contribution < -0.4 is 5.56 Å². The van der Waals surface area contributed by atoms with E-state index in [9.17, 15) is 4.79 Å². The number of hydrogen-bond donors (Lipinski definition) is 1. The van der Waals surface area contributed by atoms with E-state index in [1.165, 1.54) is 6.07 Å². The van der Waals surface area contributed by atoms with Crippen LogP contribution in [-0.4, -0.2) is 15.3 Å². The molecule has 0 saturated carbocycles. The van der Waals surface area contributed by atoms with Crippen LogP contribution in [0.5, 0.6) is 0 Å². The lowest BCUT2D eigenvalue weighted by molar-refractivity contribution is 0.746. The van der Waals surface area contributed by atoms with Gasteiger partial charge in [-0.3, -0.25) is 9.36 Å². The maximum Gasteiger partial charge on any atom is 0.253 e. The second-order valence-corrected chi connectivity index (χ2v) is 3.04. The summed E-state index contributed by atoms with van der Waals surface area (Å²) >= 11 is 4.02. The molecule has 1 aromatic rings. The van der Waals surface area contributed by atoms with Crippen LogP contribution in [0.1, 0.15) is 5.69 Å². The molecule has 0 aliphatic heterocycles. The summed E-state index contributed by atoms with van der Waals surface area (Å²) in [5.74, 6) is 0.689. The van der Waals surface area contributed by atoms with Crippen LogP contribution >= 0.6 is 12.6 Å². The zero-order chi connectivity index (χ0) is 9.68. The molecule has 0 bridgehead atoms. The lowest BCUT2D eigenvalue weighted by Crippen LogP contribution is -2.19. The van der Waals surface area contributed by atoms with Crippen LogP contribution in [-0.2, 0) is 6.54 Å². The second-order valence-electron chi connectivity index (χ2n) is 2.67. The molecule has 0 spiro atoms. The Morgan fingerprint density at radius 2 is 2.38 bits per heavy atom. The van der Waals surface area contributed by atoms with Gasteiger partial charge in [0.25, 0.3) is 5.56 Å². The standard InChI is InChI=1S/C9H12N2OS/c1-8-6-9(12)11(7-10-8)4-2-3-5-13/h2-3,6-7,13H,4-5H2,1H3. The van der Waals surface area contributed by atoms with Crippen LogP contribution in [0.3, 0.4) is 0 Å². The SMILES string of the molecule is Cc1cc(=O)n(CC=CCS)cn1. The van der Waals surface area contributed by atoms with Crippen molar-refractivity contribution in [3.8, 4) is 0 Å². The molecular formula is C9H12N2OS. The Hall–Kier alpha value is -1.03. The van der Waals surface area contributed by atoms with Crippen molar-refractivity contribution in [1.82, 2.24) is 9.55 Å². The summed E-state index contributed by atoms with van der Waals surface area (Å²) in [6.07, 6.45) is 5.35. The molecule has 0 N–H and O–H groups in total. The average molecular weight is 196 g/mol. The summed E-state index contributed by atoms with van der Waals surface area (Å²) in [5.41, 5.74) is 0.732. The summed E-state index contributed by atoms with van der Waals surface area (Å²) in [7, 11) is 0. The van der Waals surface area contributed by atoms with Crippen molar-refractivity contribution in [2.75, 3.05) is 5.75 Å². The predicted molar refractivity (Wildman–Crippen MR) is 56.2 cm³/mol. The van der Waals surface area contributed by atoms with Crippen molar-refractivity contribution in [2.24, 2.45) is 0 Å². The summed E-state index contributed by atoms with van der Waals surface area (Å²) in [4.78, 5) is 15.3. The number of rotatable bonds is 3. The van der Waals surface area contributed by atoms with E-state index in [1.807, 2.05) is 12.2 Å². The van der Waals surface area contributed by atoms with Crippen molar-refractivity contribution in [2.45, 2.75) is 13.5 Å². The number of nitrogens with zero attached hydrogens (tertiary/aromatic N) is 2. The molecule has 0 fully saturated rings. The summed E-state index contributed by atoms with van der Waals surface area (Å²) in [6.45, 7) is 2.36. The third-order valence-corrected chi connectivity index (χ3v) is 1.80. The van der Waals surface area contributed by atoms with Gasteiger partial charge in [-0.05, 0) is 6.92 Å². The lowest BCUT2D eigenvalue weighted by Gasteiger charge is -1.99. The lowest BCUT2D eigenvalue weighted by atomic mass is 10.4. The Morgan fingerprint density at radius 3 is 3.00 bits per heavy atom. The highest BCUT2D eigenvalue weighted by molar-refractivity contribution is 7.80. The van der Waals surface area contributed by atoms with Crippen LogP contribution in [0, 0.1) is 6.92 Å². The summed E-state index contributed by atoms with van der Waals surface area (Å²) in [6, 6.07) is 1.52. The third kappa shape index (κ3) is 3.06. The Bertz CT molecular complexity index is 357. The molecule has 0 radical (unpaired) electrons. The quantitative estimate of drug-likeness (QED) is 0.579. The van der Waals surface area contributed by atoms with Crippen LogP contribution in [0.15, 0.2) is 29.3 Å². The topological polar surface area (TPSA) is 34.9 Å². The Morgan fingerprint density at radius 1 is 1.62 bits per heavy atom. The molecule has 0 aliphatic carbocycles. The van der Waals surface area contributed by atoms with E-state index >= 15 is 0 Å². The molecule has 1 rings (SSSR count). The van der Waals surface area contributed by atoms with Gasteiger partial charge in [-0.25, -0.2) is 4.98 Å². The minimum Gasteiger partial charge on any atom is -0.295 e. The van der Waals surface area contributed by atoms with Gasteiger partial charge < -0.3 is 0 Å². The molecule has 1 heterocycles. The average Bonchev–Trinajstić information content (AvgIpc) is 2.09. The van der Waals surface area contributed by atoms with Crippen LogP contribution in [0.2, 0.25) is 0 Å². The maximum atomic E-state index is 11.3. The van der Waals surface area contributed by atoms with E-state index < -0.39 is 0 Å². The molecule has 70 valence electrons. The van der Waals surface area contributed by atoms with E-state index in [0.717, 1.165) is 5.69 Å². The van der Waals surface area contributed by atoms with E-state index in [1.54, 1.807) is 17.8 Å². The molecule has 0 unspecified atom stereocenters. The molecular weight excluding hydrogens is 184 g/mol. The Balaban J connectivity index is 2.78. The highest BCUT2D eigenvalue weighted by atomic mass is 32.1. The molecule has 0 atom stereocenters. The van der Waals surface area contributed by atoms with Crippen molar-refractivity contribution in [1.29, 1.82) is 0 Å². The Labute approximate surface area is 82.5 Å². The van der Waals surface area contributed by atoms with Gasteiger partial charge in [0.05, 0.1) is 6.33 Å². The van der Waals surface area contributed by atoms with Crippen molar-refractivity contribution in [3.63, 3.8) is 0 Å². The molecule has 0 aliphatic rings. The highest BCUT2D eigenvalue weighted by Gasteiger charge is 1.93. The molecule has 3 nitrogen and oxygen atoms in total. The Kier molecular flexibility index (Phi) is 3.76. The normalized spacial score (nSPS) is 10.9. The van der Waals surface area contributed by atoms with Gasteiger partial charge in [0.1, 0.15) is 0 Å². The number of hydrogen-bond acceptors (Lipinski definition) is 3. The van der Waals surface area contributed by atoms with Gasteiger partial charge >= 0.3 is 0 Å². The smallest absolute Gasteiger partial charge is 0.253 e. The van der Waals surface area contributed by atoms with E-state index in [4.69, 9.17) is 0 Å². The fourth-order valence-electron chi connectivity index (χ4n) is 0.916. The van der Waals surface area contributed by atoms with Gasteiger partial charge in [-0.1, -0.05) is 12.2 Å². The van der Waals surface area contributed by atoms with Crippen LogP contribution in [0.4, 0.5) is 0 Å². The van der Waals surface area contributed by atoms with Crippen molar-refractivity contribution < 1.29 is 0 Å². The predicted octanol–water partition coefficient (Wildman–Crippen LogP) is 1.04. The van der Waals surface area contributed by atoms with Crippen LogP contribution in [0.25, 0.3) is 0 Å². The molecule has 1 aromatic heterocycles. The minimum absolute atomic E-state index is 0.0173. The largest absolute Gasteiger partial charge is 0.295 e. The maximum absolute atomic E-state index is 11.3. The fraction of sp³-hybridized carbons (Fsp3) is 0.333. The van der Waals surface area contributed by atoms with E-state index in [0.29, 0.717) is 12.3 Å². The number of aryl methyl sites for hydroxylation is 1. The number of allylic oxidation sites excluding steroid dienone is 1. The number of aromatic nitrogens is 2. The van der Waals surface area contributed by atoms with Crippen molar-refractivity contribution in [3.05, 3.63) is 40.6 Å². The summed E-state index contributed by atoms with van der Waals surface area (Å²) < 4.78 is 1.55. The van der Waals surface area contributed by atoms with Gasteiger partial charge in [0, 0.05) is 24.1 Å². The second kappa shape index (κ2) is 4.87. The first-order valence-corrected chi connectivity index (χ1v) is 4.66. The monoisotopic (exact) mass is 196 g/mol. The first kappa shape index (κ1) is 10.1. The first-order chi connectivity index (χ1) is 6.24. The molecule has 0 amide bonds. The zero-order valence-electron chi connectivity index (χ0n) is 7.47.